The molecule has 0 amide bonds. The van der Waals surface area contributed by atoms with Crippen molar-refractivity contribution in [3.05, 3.63) is 0 Å². The standard InChI is InChI=1S/C9H17IO2/c1-2-7-12-8-5-3-4-6-9(10)11/h2-8H2,1H3. The summed E-state index contributed by atoms with van der Waals surface area (Å²) >= 11 is 1.85. The molecule has 0 aliphatic carbocycles. The zero-order valence-corrected chi connectivity index (χ0v) is 9.80. The third-order valence-electron chi connectivity index (χ3n) is 1.51. The highest BCUT2D eigenvalue weighted by Gasteiger charge is 1.94. The number of hydrogen-bond acceptors (Lipinski definition) is 2. The molecule has 0 aliphatic rings. The Labute approximate surface area is 88.2 Å². The fraction of sp³-hybridized carbons (Fsp3) is 0.889. The summed E-state index contributed by atoms with van der Waals surface area (Å²) in [5.41, 5.74) is 0. The maximum atomic E-state index is 10.5. The molecule has 0 aromatic rings. The van der Waals surface area contributed by atoms with Gasteiger partial charge in [-0.2, -0.15) is 0 Å². The van der Waals surface area contributed by atoms with Gasteiger partial charge in [-0.15, -0.1) is 0 Å². The van der Waals surface area contributed by atoms with E-state index in [1.165, 1.54) is 0 Å². The third kappa shape index (κ3) is 10.4. The van der Waals surface area contributed by atoms with Crippen molar-refractivity contribution in [1.82, 2.24) is 0 Å². The predicted octanol–water partition coefficient (Wildman–Crippen LogP) is 2.94. The quantitative estimate of drug-likeness (QED) is 0.389. The minimum absolute atomic E-state index is 0.266. The lowest BCUT2D eigenvalue weighted by atomic mass is 10.2. The molecule has 0 atom stereocenters. The molecule has 0 unspecified atom stereocenters. The van der Waals surface area contributed by atoms with Crippen molar-refractivity contribution < 1.29 is 9.53 Å². The van der Waals surface area contributed by atoms with E-state index in [-0.39, 0.29) is 3.79 Å². The molecule has 0 bridgehead atoms. The summed E-state index contributed by atoms with van der Waals surface area (Å²) in [5.74, 6) is 0. The third-order valence-corrected chi connectivity index (χ3v) is 2.05. The normalized spacial score (nSPS) is 10.2. The van der Waals surface area contributed by atoms with Gasteiger partial charge in [0.05, 0.1) is 0 Å². The van der Waals surface area contributed by atoms with Crippen LogP contribution >= 0.6 is 22.6 Å². The number of unbranched alkanes of at least 4 members (excludes halogenated alkanes) is 2. The van der Waals surface area contributed by atoms with Crippen LogP contribution in [0.4, 0.5) is 0 Å². The first-order chi connectivity index (χ1) is 5.77. The smallest absolute Gasteiger partial charge is 0.192 e. The molecule has 0 N–H and O–H groups in total. The maximum absolute atomic E-state index is 10.5. The van der Waals surface area contributed by atoms with Gasteiger partial charge < -0.3 is 4.74 Å². The van der Waals surface area contributed by atoms with Crippen LogP contribution in [-0.2, 0) is 9.53 Å². The Morgan fingerprint density at radius 2 is 2.00 bits per heavy atom. The van der Waals surface area contributed by atoms with E-state index < -0.39 is 0 Å². The van der Waals surface area contributed by atoms with Crippen molar-refractivity contribution in [3.63, 3.8) is 0 Å². The van der Waals surface area contributed by atoms with Gasteiger partial charge in [-0.3, -0.25) is 4.79 Å². The van der Waals surface area contributed by atoms with Crippen LogP contribution in [0.5, 0.6) is 0 Å². The van der Waals surface area contributed by atoms with Gasteiger partial charge in [-0.1, -0.05) is 13.3 Å². The first kappa shape index (κ1) is 12.4. The molecule has 0 radical (unpaired) electrons. The molecule has 0 spiro atoms. The number of halogens is 1. The summed E-state index contributed by atoms with van der Waals surface area (Å²) in [6, 6.07) is 0. The van der Waals surface area contributed by atoms with Gasteiger partial charge in [-0.25, -0.2) is 0 Å². The first-order valence-electron chi connectivity index (χ1n) is 4.53. The van der Waals surface area contributed by atoms with Crippen LogP contribution in [0.1, 0.15) is 39.0 Å². The van der Waals surface area contributed by atoms with E-state index in [4.69, 9.17) is 4.74 Å². The van der Waals surface area contributed by atoms with E-state index in [0.717, 1.165) is 38.9 Å². The summed E-state index contributed by atoms with van der Waals surface area (Å²) in [5, 5.41) is 0. The second-order valence-corrected chi connectivity index (χ2v) is 3.98. The minimum atomic E-state index is 0.266. The number of ether oxygens (including phenoxy) is 1. The molecule has 0 aliphatic heterocycles. The van der Waals surface area contributed by atoms with E-state index in [0.29, 0.717) is 6.42 Å². The molecule has 0 saturated heterocycles. The predicted molar refractivity (Wildman–Crippen MR) is 58.6 cm³/mol. The average Bonchev–Trinajstić information content (AvgIpc) is 2.02. The van der Waals surface area contributed by atoms with Crippen LogP contribution in [0.2, 0.25) is 0 Å². The Bertz CT molecular complexity index is 115. The van der Waals surface area contributed by atoms with Gasteiger partial charge in [-0.05, 0) is 41.9 Å². The van der Waals surface area contributed by atoms with Crippen LogP contribution in [0.15, 0.2) is 0 Å². The number of rotatable bonds is 8. The largest absolute Gasteiger partial charge is 0.381 e. The Hall–Kier alpha value is 0.360. The van der Waals surface area contributed by atoms with E-state index >= 15 is 0 Å². The van der Waals surface area contributed by atoms with Crippen LogP contribution in [-0.4, -0.2) is 17.0 Å². The average molecular weight is 284 g/mol. The minimum Gasteiger partial charge on any atom is -0.381 e. The molecule has 0 aromatic heterocycles. The topological polar surface area (TPSA) is 26.3 Å². The van der Waals surface area contributed by atoms with Crippen LogP contribution in [0.3, 0.4) is 0 Å². The SMILES string of the molecule is CCCOCCCCCC(=O)I. The summed E-state index contributed by atoms with van der Waals surface area (Å²) in [4.78, 5) is 10.5. The second-order valence-electron chi connectivity index (χ2n) is 2.78. The lowest BCUT2D eigenvalue weighted by Gasteiger charge is -2.00. The molecule has 3 heteroatoms. The Kier molecular flexibility index (Phi) is 9.73. The van der Waals surface area contributed by atoms with Gasteiger partial charge in [0.2, 0.25) is 0 Å². The van der Waals surface area contributed by atoms with Crippen molar-refractivity contribution in [2.24, 2.45) is 0 Å². The van der Waals surface area contributed by atoms with E-state index in [1.54, 1.807) is 0 Å². The number of carbonyl (C=O) groups excluding carboxylic acids is 1. The zero-order valence-electron chi connectivity index (χ0n) is 7.64. The van der Waals surface area contributed by atoms with Gasteiger partial charge in [0, 0.05) is 19.6 Å². The van der Waals surface area contributed by atoms with Crippen LogP contribution in [0.25, 0.3) is 0 Å². The number of hydrogen-bond donors (Lipinski definition) is 0. The van der Waals surface area contributed by atoms with Gasteiger partial charge in [0.1, 0.15) is 0 Å². The molecule has 0 aromatic carbocycles. The monoisotopic (exact) mass is 284 g/mol. The van der Waals surface area contributed by atoms with E-state index in [1.807, 2.05) is 22.6 Å². The van der Waals surface area contributed by atoms with Crippen molar-refractivity contribution >= 4 is 26.4 Å². The van der Waals surface area contributed by atoms with Gasteiger partial charge >= 0.3 is 0 Å². The van der Waals surface area contributed by atoms with Crippen molar-refractivity contribution in [2.45, 2.75) is 39.0 Å². The lowest BCUT2D eigenvalue weighted by molar-refractivity contribution is -0.109. The van der Waals surface area contributed by atoms with E-state index in [2.05, 4.69) is 6.92 Å². The summed E-state index contributed by atoms with van der Waals surface area (Å²) < 4.78 is 5.57. The molecule has 0 saturated carbocycles. The molecular formula is C9H17IO2. The van der Waals surface area contributed by atoms with Crippen LogP contribution < -0.4 is 0 Å². The van der Waals surface area contributed by atoms with Crippen molar-refractivity contribution in [1.29, 1.82) is 0 Å². The highest BCUT2D eigenvalue weighted by atomic mass is 127. The van der Waals surface area contributed by atoms with Crippen molar-refractivity contribution in [2.75, 3.05) is 13.2 Å². The molecule has 72 valence electrons. The van der Waals surface area contributed by atoms with Crippen molar-refractivity contribution in [3.8, 4) is 0 Å². The molecule has 0 fully saturated rings. The Balaban J connectivity index is 2.86. The fourth-order valence-electron chi connectivity index (χ4n) is 0.891. The number of carbonyl (C=O) groups is 1. The van der Waals surface area contributed by atoms with Gasteiger partial charge in [0.15, 0.2) is 3.79 Å². The summed E-state index contributed by atoms with van der Waals surface area (Å²) in [7, 11) is 0. The molecular weight excluding hydrogens is 267 g/mol. The fourth-order valence-corrected chi connectivity index (χ4v) is 1.27. The van der Waals surface area contributed by atoms with Crippen LogP contribution in [0, 0.1) is 0 Å². The highest BCUT2D eigenvalue weighted by Crippen LogP contribution is 2.03. The lowest BCUT2D eigenvalue weighted by Crippen LogP contribution is -1.95. The van der Waals surface area contributed by atoms with Gasteiger partial charge in [0.25, 0.3) is 0 Å². The Morgan fingerprint density at radius 3 is 2.58 bits per heavy atom. The summed E-state index contributed by atoms with van der Waals surface area (Å²) in [6.45, 7) is 3.82. The van der Waals surface area contributed by atoms with E-state index in [9.17, 15) is 4.79 Å². The molecule has 2 nitrogen and oxygen atoms in total. The summed E-state index contributed by atoms with van der Waals surface area (Å²) in [6.07, 6.45) is 5.01. The second kappa shape index (κ2) is 9.45. The zero-order chi connectivity index (χ0) is 9.23. The maximum Gasteiger partial charge on any atom is 0.192 e. The highest BCUT2D eigenvalue weighted by molar-refractivity contribution is 14.1. The molecule has 12 heavy (non-hydrogen) atoms. The Morgan fingerprint density at radius 1 is 1.25 bits per heavy atom. The molecule has 0 heterocycles. The molecule has 0 rings (SSSR count). The first-order valence-corrected chi connectivity index (χ1v) is 5.61.